The van der Waals surface area contributed by atoms with Crippen molar-refractivity contribution in [2.24, 2.45) is 0 Å². The Kier molecular flexibility index (Phi) is 2.62. The minimum atomic E-state index is -4.43. The highest BCUT2D eigenvalue weighted by Gasteiger charge is 2.33. The molecule has 0 bridgehead atoms. The van der Waals surface area contributed by atoms with E-state index in [1.165, 1.54) is 10.9 Å². The van der Waals surface area contributed by atoms with Crippen molar-refractivity contribution in [2.75, 3.05) is 0 Å². The Balaban J connectivity index is 2.08. The minimum Gasteiger partial charge on any atom is -0.251 e. The third-order valence-corrected chi connectivity index (χ3v) is 3.35. The lowest BCUT2D eigenvalue weighted by Crippen LogP contribution is -2.10. The Bertz CT molecular complexity index is 607. The van der Waals surface area contributed by atoms with Gasteiger partial charge in [0.25, 0.3) is 0 Å². The van der Waals surface area contributed by atoms with E-state index in [0.717, 1.165) is 36.6 Å². The molecule has 0 amide bonds. The summed E-state index contributed by atoms with van der Waals surface area (Å²) in [4.78, 5) is 3.43. The van der Waals surface area contributed by atoms with Crippen molar-refractivity contribution in [3.63, 3.8) is 0 Å². The zero-order valence-electron chi connectivity index (χ0n) is 10.3. The van der Waals surface area contributed by atoms with Crippen molar-refractivity contribution < 1.29 is 13.2 Å². The lowest BCUT2D eigenvalue weighted by atomic mass is 10.2. The first-order valence-electron chi connectivity index (χ1n) is 6.07. The van der Waals surface area contributed by atoms with Crippen LogP contribution in [0.5, 0.6) is 0 Å². The van der Waals surface area contributed by atoms with E-state index >= 15 is 0 Å². The van der Waals surface area contributed by atoms with Gasteiger partial charge in [0, 0.05) is 12.4 Å². The number of aromatic nitrogens is 3. The highest BCUT2D eigenvalue weighted by molar-refractivity contribution is 5.41. The van der Waals surface area contributed by atoms with E-state index in [1.807, 2.05) is 6.20 Å². The third-order valence-electron chi connectivity index (χ3n) is 3.35. The second-order valence-electron chi connectivity index (χ2n) is 4.75. The summed E-state index contributed by atoms with van der Waals surface area (Å²) in [6.45, 7) is 1.73. The van der Waals surface area contributed by atoms with Gasteiger partial charge in [-0.1, -0.05) is 0 Å². The summed E-state index contributed by atoms with van der Waals surface area (Å²) in [5.74, 6) is 0. The van der Waals surface area contributed by atoms with Gasteiger partial charge in [-0.2, -0.15) is 18.3 Å². The van der Waals surface area contributed by atoms with E-state index in [4.69, 9.17) is 0 Å². The van der Waals surface area contributed by atoms with Crippen LogP contribution in [0.25, 0.3) is 5.69 Å². The predicted octanol–water partition coefficient (Wildman–Crippen LogP) is 3.08. The molecule has 2 aromatic heterocycles. The fourth-order valence-electron chi connectivity index (χ4n) is 2.35. The summed E-state index contributed by atoms with van der Waals surface area (Å²) >= 11 is 0. The van der Waals surface area contributed by atoms with Crippen molar-refractivity contribution in [3.8, 4) is 5.69 Å². The second-order valence-corrected chi connectivity index (χ2v) is 4.75. The molecular weight excluding hydrogens is 255 g/mol. The van der Waals surface area contributed by atoms with Crippen molar-refractivity contribution in [2.45, 2.75) is 32.4 Å². The molecule has 0 N–H and O–H groups in total. The van der Waals surface area contributed by atoms with Gasteiger partial charge in [-0.25, -0.2) is 4.68 Å². The maximum Gasteiger partial charge on any atom is 0.433 e. The largest absolute Gasteiger partial charge is 0.433 e. The molecule has 0 spiro atoms. The molecule has 1 aliphatic rings. The molecule has 0 fully saturated rings. The summed E-state index contributed by atoms with van der Waals surface area (Å²) in [5, 5.41) is 4.37. The number of pyridine rings is 1. The topological polar surface area (TPSA) is 30.7 Å². The maximum atomic E-state index is 12.7. The average Bonchev–Trinajstić information content (AvgIpc) is 2.88. The van der Waals surface area contributed by atoms with Gasteiger partial charge in [0.2, 0.25) is 0 Å². The Labute approximate surface area is 108 Å². The number of nitrogens with zero attached hydrogens (tertiary/aromatic N) is 3. The molecule has 3 nitrogen and oxygen atoms in total. The number of rotatable bonds is 1. The maximum absolute atomic E-state index is 12.7. The Hall–Kier alpha value is -1.85. The number of halogens is 3. The SMILES string of the molecule is Cc1cnc(C(F)(F)F)cc1-n1cc2c(n1)CCC2. The number of fused-ring (bicyclic) bond motifs is 1. The number of hydrogen-bond donors (Lipinski definition) is 0. The molecule has 0 aromatic carbocycles. The molecule has 0 aliphatic heterocycles. The van der Waals surface area contributed by atoms with Gasteiger partial charge < -0.3 is 0 Å². The van der Waals surface area contributed by atoms with Crippen LogP contribution in [-0.2, 0) is 19.0 Å². The van der Waals surface area contributed by atoms with Crippen molar-refractivity contribution in [3.05, 3.63) is 41.0 Å². The van der Waals surface area contributed by atoms with Crippen LogP contribution in [0.3, 0.4) is 0 Å². The molecular formula is C13H12F3N3. The third kappa shape index (κ3) is 2.11. The molecule has 2 heterocycles. The normalized spacial score (nSPS) is 14.7. The Morgan fingerprint density at radius 1 is 1.26 bits per heavy atom. The summed E-state index contributed by atoms with van der Waals surface area (Å²) in [5.41, 5.74) is 2.35. The molecule has 3 rings (SSSR count). The molecule has 100 valence electrons. The first-order valence-corrected chi connectivity index (χ1v) is 6.07. The summed E-state index contributed by atoms with van der Waals surface area (Å²) in [6.07, 6.45) is 1.56. The van der Waals surface area contributed by atoms with Gasteiger partial charge in [-0.3, -0.25) is 4.98 Å². The predicted molar refractivity (Wildman–Crippen MR) is 63.1 cm³/mol. The van der Waals surface area contributed by atoms with Crippen LogP contribution in [0.15, 0.2) is 18.5 Å². The smallest absolute Gasteiger partial charge is 0.251 e. The first kappa shape index (κ1) is 12.2. The Morgan fingerprint density at radius 3 is 2.74 bits per heavy atom. The molecule has 6 heteroatoms. The van der Waals surface area contributed by atoms with Gasteiger partial charge in [0.05, 0.1) is 11.4 Å². The van der Waals surface area contributed by atoms with Crippen LogP contribution >= 0.6 is 0 Å². The van der Waals surface area contributed by atoms with Crippen LogP contribution in [0.1, 0.15) is 28.9 Å². The highest BCUT2D eigenvalue weighted by atomic mass is 19.4. The number of aryl methyl sites for hydroxylation is 3. The van der Waals surface area contributed by atoms with Gasteiger partial charge in [-0.05, 0) is 43.4 Å². The molecule has 0 radical (unpaired) electrons. The second kappa shape index (κ2) is 4.08. The van der Waals surface area contributed by atoms with Gasteiger partial charge in [0.1, 0.15) is 5.69 Å². The molecule has 19 heavy (non-hydrogen) atoms. The van der Waals surface area contributed by atoms with E-state index in [-0.39, 0.29) is 0 Å². The minimum absolute atomic E-state index is 0.441. The zero-order valence-corrected chi connectivity index (χ0v) is 10.3. The zero-order chi connectivity index (χ0) is 13.6. The van der Waals surface area contributed by atoms with E-state index < -0.39 is 11.9 Å². The van der Waals surface area contributed by atoms with Gasteiger partial charge in [-0.15, -0.1) is 0 Å². The fourth-order valence-corrected chi connectivity index (χ4v) is 2.35. The summed E-state index contributed by atoms with van der Waals surface area (Å²) in [6, 6.07) is 1.05. The number of alkyl halides is 3. The lowest BCUT2D eigenvalue weighted by Gasteiger charge is -2.10. The van der Waals surface area contributed by atoms with Crippen LogP contribution in [-0.4, -0.2) is 14.8 Å². The van der Waals surface area contributed by atoms with E-state index in [9.17, 15) is 13.2 Å². The Morgan fingerprint density at radius 2 is 2.05 bits per heavy atom. The van der Waals surface area contributed by atoms with E-state index in [2.05, 4.69) is 10.1 Å². The van der Waals surface area contributed by atoms with Crippen molar-refractivity contribution in [1.29, 1.82) is 0 Å². The van der Waals surface area contributed by atoms with Crippen LogP contribution < -0.4 is 0 Å². The highest BCUT2D eigenvalue weighted by Crippen LogP contribution is 2.30. The van der Waals surface area contributed by atoms with Crippen molar-refractivity contribution >= 4 is 0 Å². The molecule has 0 saturated carbocycles. The van der Waals surface area contributed by atoms with Crippen LogP contribution in [0.2, 0.25) is 0 Å². The van der Waals surface area contributed by atoms with Crippen LogP contribution in [0.4, 0.5) is 13.2 Å². The molecule has 1 aliphatic carbocycles. The average molecular weight is 267 g/mol. The van der Waals surface area contributed by atoms with Crippen molar-refractivity contribution in [1.82, 2.24) is 14.8 Å². The first-order chi connectivity index (χ1) is 8.95. The van der Waals surface area contributed by atoms with E-state index in [0.29, 0.717) is 11.3 Å². The standard InChI is InChI=1S/C13H12F3N3/c1-8-6-17-12(13(14,15)16)5-11(8)19-7-9-3-2-4-10(9)18-19/h5-7H,2-4H2,1H3. The summed E-state index contributed by atoms with van der Waals surface area (Å²) in [7, 11) is 0. The molecule has 0 unspecified atom stereocenters. The van der Waals surface area contributed by atoms with Gasteiger partial charge in [0.15, 0.2) is 0 Å². The van der Waals surface area contributed by atoms with Crippen LogP contribution in [0, 0.1) is 6.92 Å². The summed E-state index contributed by atoms with van der Waals surface area (Å²) < 4.78 is 39.6. The molecule has 0 saturated heterocycles. The lowest BCUT2D eigenvalue weighted by molar-refractivity contribution is -0.141. The quantitative estimate of drug-likeness (QED) is 0.795. The molecule has 2 aromatic rings. The number of hydrogen-bond acceptors (Lipinski definition) is 2. The van der Waals surface area contributed by atoms with Gasteiger partial charge >= 0.3 is 6.18 Å². The monoisotopic (exact) mass is 267 g/mol. The van der Waals surface area contributed by atoms with E-state index in [1.54, 1.807) is 6.92 Å². The molecule has 0 atom stereocenters. The fraction of sp³-hybridized carbons (Fsp3) is 0.385.